The molecule has 29 heavy (non-hydrogen) atoms. The van der Waals surface area contributed by atoms with E-state index in [9.17, 15) is 4.79 Å². The van der Waals surface area contributed by atoms with E-state index in [2.05, 4.69) is 60.8 Å². The molecule has 0 aliphatic carbocycles. The van der Waals surface area contributed by atoms with Gasteiger partial charge in [0.2, 0.25) is 5.91 Å². The van der Waals surface area contributed by atoms with E-state index >= 15 is 0 Å². The summed E-state index contributed by atoms with van der Waals surface area (Å²) >= 11 is 5.93. The maximum absolute atomic E-state index is 12.1. The van der Waals surface area contributed by atoms with Crippen LogP contribution in [0, 0.1) is 0 Å². The number of carbonyl (C=O) groups is 1. The highest BCUT2D eigenvalue weighted by molar-refractivity contribution is 6.30. The van der Waals surface area contributed by atoms with Gasteiger partial charge in [-0.3, -0.25) is 4.79 Å². The molecule has 3 aromatic rings. The fourth-order valence-corrected chi connectivity index (χ4v) is 3.03. The molecule has 0 saturated carbocycles. The number of halogens is 1. The minimum absolute atomic E-state index is 0.00787. The first kappa shape index (κ1) is 22.1. The first-order valence-electron chi connectivity index (χ1n) is 9.28. The van der Waals surface area contributed by atoms with Crippen molar-refractivity contribution in [2.75, 3.05) is 5.32 Å². The van der Waals surface area contributed by atoms with Crippen molar-refractivity contribution in [1.82, 2.24) is 0 Å². The van der Waals surface area contributed by atoms with Crippen molar-refractivity contribution in [3.8, 4) is 11.1 Å². The third-order valence-corrected chi connectivity index (χ3v) is 4.63. The second-order valence-corrected chi connectivity index (χ2v) is 6.83. The molecule has 0 atom stereocenters. The molecule has 1 amide bonds. The fraction of sp³-hybridized carbons (Fsp3) is 0.167. The summed E-state index contributed by atoms with van der Waals surface area (Å²) in [5.41, 5.74) is 5.64. The van der Waals surface area contributed by atoms with E-state index in [0.29, 0.717) is 17.9 Å². The summed E-state index contributed by atoms with van der Waals surface area (Å²) in [5.74, 6) is -0.00787. The Morgan fingerprint density at radius 3 is 1.97 bits per heavy atom. The van der Waals surface area contributed by atoms with Gasteiger partial charge in [-0.05, 0) is 53.3 Å². The van der Waals surface area contributed by atoms with Gasteiger partial charge in [0.05, 0.1) is 0 Å². The molecule has 0 radical (unpaired) electrons. The van der Waals surface area contributed by atoms with E-state index in [1.54, 1.807) is 12.1 Å². The van der Waals surface area contributed by atoms with Crippen LogP contribution in [-0.2, 0) is 27.2 Å². The molecule has 4 nitrogen and oxygen atoms in total. The molecule has 0 fully saturated rings. The Morgan fingerprint density at radius 1 is 0.897 bits per heavy atom. The minimum Gasteiger partial charge on any atom is -0.326 e. The van der Waals surface area contributed by atoms with Crippen LogP contribution in [0.25, 0.3) is 11.1 Å². The van der Waals surface area contributed by atoms with E-state index in [4.69, 9.17) is 21.2 Å². The maximum atomic E-state index is 12.1. The van der Waals surface area contributed by atoms with E-state index in [0.717, 1.165) is 17.7 Å². The molecule has 0 unspecified atom stereocenters. The number of nitrogens with one attached hydrogen (secondary N) is 1. The summed E-state index contributed by atoms with van der Waals surface area (Å²) in [5, 5.41) is 3.49. The number of hydrogen-bond acceptors (Lipinski definition) is 3. The van der Waals surface area contributed by atoms with Gasteiger partial charge in [0.15, 0.2) is 0 Å². The molecular formula is C24H22ClNO3. The summed E-state index contributed by atoms with van der Waals surface area (Å²) in [7, 11) is 0. The van der Waals surface area contributed by atoms with Crippen molar-refractivity contribution >= 4 is 29.3 Å². The van der Waals surface area contributed by atoms with E-state index in [1.165, 1.54) is 16.7 Å². The zero-order valence-electron chi connectivity index (χ0n) is 16.2. The predicted octanol–water partition coefficient (Wildman–Crippen LogP) is 5.56. The largest absolute Gasteiger partial charge is 0.373 e. The number of carbonyl (C=O) groups excluding carboxylic acids is 3. The summed E-state index contributed by atoms with van der Waals surface area (Å²) in [4.78, 5) is 28.3. The van der Waals surface area contributed by atoms with Crippen molar-refractivity contribution < 1.29 is 14.4 Å². The Morgan fingerprint density at radius 2 is 1.45 bits per heavy atom. The average molecular weight is 408 g/mol. The number of aryl methyl sites for hydroxylation is 2. The zero-order chi connectivity index (χ0) is 21.1. The standard InChI is InChI=1S/C23H22ClNO.CO2/c1-2-17-6-11-19(12-7-17)20-13-8-18(9-14-20)10-15-23(26)25-22-5-3-4-21(24)16-22;2-1-3/h3-9,11-14,16H,2,10,15H2,1H3,(H,25,26);. The Hall–Kier alpha value is -3.20. The number of anilines is 1. The van der Waals surface area contributed by atoms with Crippen LogP contribution < -0.4 is 5.32 Å². The molecule has 0 aliphatic heterocycles. The van der Waals surface area contributed by atoms with Gasteiger partial charge in [0.1, 0.15) is 0 Å². The number of hydrogen-bond donors (Lipinski definition) is 1. The molecular weight excluding hydrogens is 386 g/mol. The number of amides is 1. The van der Waals surface area contributed by atoms with Gasteiger partial charge in [-0.2, -0.15) is 9.59 Å². The number of benzene rings is 3. The van der Waals surface area contributed by atoms with Crippen molar-refractivity contribution in [3.63, 3.8) is 0 Å². The van der Waals surface area contributed by atoms with Gasteiger partial charge in [0.25, 0.3) is 0 Å². The lowest BCUT2D eigenvalue weighted by molar-refractivity contribution is -0.191. The van der Waals surface area contributed by atoms with Crippen molar-refractivity contribution in [2.24, 2.45) is 0 Å². The van der Waals surface area contributed by atoms with Crippen molar-refractivity contribution in [1.29, 1.82) is 0 Å². The second kappa shape index (κ2) is 11.6. The second-order valence-electron chi connectivity index (χ2n) is 6.39. The van der Waals surface area contributed by atoms with Gasteiger partial charge in [-0.25, -0.2) is 0 Å². The smallest absolute Gasteiger partial charge is 0.326 e. The average Bonchev–Trinajstić information content (AvgIpc) is 2.73. The normalized spacial score (nSPS) is 9.72. The molecule has 0 bridgehead atoms. The molecule has 0 aromatic heterocycles. The highest BCUT2D eigenvalue weighted by atomic mass is 35.5. The SMILES string of the molecule is CCc1ccc(-c2ccc(CCC(=O)Nc3cccc(Cl)c3)cc2)cc1.O=C=O. The van der Waals surface area contributed by atoms with Gasteiger partial charge >= 0.3 is 6.15 Å². The Labute approximate surface area is 175 Å². The monoisotopic (exact) mass is 407 g/mol. The van der Waals surface area contributed by atoms with E-state index in [1.807, 2.05) is 12.1 Å². The third-order valence-electron chi connectivity index (χ3n) is 4.40. The van der Waals surface area contributed by atoms with E-state index < -0.39 is 0 Å². The van der Waals surface area contributed by atoms with Crippen LogP contribution in [0.3, 0.4) is 0 Å². The molecule has 0 heterocycles. The molecule has 148 valence electrons. The summed E-state index contributed by atoms with van der Waals surface area (Å²) < 4.78 is 0. The lowest BCUT2D eigenvalue weighted by Gasteiger charge is -2.07. The summed E-state index contributed by atoms with van der Waals surface area (Å²) in [6, 6.07) is 24.3. The molecule has 1 N–H and O–H groups in total. The van der Waals surface area contributed by atoms with E-state index in [-0.39, 0.29) is 12.1 Å². The molecule has 0 aliphatic rings. The Bertz CT molecular complexity index is 960. The minimum atomic E-state index is -0.00787. The highest BCUT2D eigenvalue weighted by Gasteiger charge is 2.04. The molecule has 3 aromatic carbocycles. The molecule has 0 spiro atoms. The van der Waals surface area contributed by atoms with Gasteiger partial charge < -0.3 is 5.32 Å². The fourth-order valence-electron chi connectivity index (χ4n) is 2.84. The topological polar surface area (TPSA) is 63.2 Å². The first-order valence-corrected chi connectivity index (χ1v) is 9.66. The summed E-state index contributed by atoms with van der Waals surface area (Å²) in [6.45, 7) is 2.16. The van der Waals surface area contributed by atoms with Crippen LogP contribution >= 0.6 is 11.6 Å². The van der Waals surface area contributed by atoms with Crippen LogP contribution in [0.1, 0.15) is 24.5 Å². The van der Waals surface area contributed by atoms with Gasteiger partial charge in [0, 0.05) is 17.1 Å². The van der Waals surface area contributed by atoms with Crippen LogP contribution in [0.4, 0.5) is 5.69 Å². The molecule has 3 rings (SSSR count). The van der Waals surface area contributed by atoms with Crippen LogP contribution in [-0.4, -0.2) is 12.1 Å². The van der Waals surface area contributed by atoms with Gasteiger partial charge in [-0.1, -0.05) is 73.1 Å². The van der Waals surface area contributed by atoms with Gasteiger partial charge in [-0.15, -0.1) is 0 Å². The van der Waals surface area contributed by atoms with Crippen molar-refractivity contribution in [2.45, 2.75) is 26.2 Å². The lowest BCUT2D eigenvalue weighted by atomic mass is 10.0. The lowest BCUT2D eigenvalue weighted by Crippen LogP contribution is -2.12. The predicted molar refractivity (Wildman–Crippen MR) is 115 cm³/mol. The zero-order valence-corrected chi connectivity index (χ0v) is 16.9. The maximum Gasteiger partial charge on any atom is 0.373 e. The molecule has 5 heteroatoms. The summed E-state index contributed by atoms with van der Waals surface area (Å²) in [6.07, 6.45) is 2.45. The van der Waals surface area contributed by atoms with Crippen LogP contribution in [0.15, 0.2) is 72.8 Å². The Balaban J connectivity index is 0.000000941. The third kappa shape index (κ3) is 7.38. The first-order chi connectivity index (χ1) is 14.0. The van der Waals surface area contributed by atoms with Crippen molar-refractivity contribution in [3.05, 3.63) is 88.9 Å². The number of rotatable bonds is 6. The van der Waals surface area contributed by atoms with Crippen LogP contribution in [0.5, 0.6) is 0 Å². The Kier molecular flexibility index (Phi) is 8.84. The molecule has 0 saturated heterocycles. The quantitative estimate of drug-likeness (QED) is 0.582. The highest BCUT2D eigenvalue weighted by Crippen LogP contribution is 2.21. The van der Waals surface area contributed by atoms with Crippen LogP contribution in [0.2, 0.25) is 5.02 Å².